The van der Waals surface area contributed by atoms with Crippen molar-refractivity contribution in [3.8, 4) is 0 Å². The number of amides is 1. The van der Waals surface area contributed by atoms with Gasteiger partial charge in [-0.1, -0.05) is 18.2 Å². The first kappa shape index (κ1) is 11.1. The molecule has 1 aliphatic rings. The number of carbonyl (C=O) groups is 3. The van der Waals surface area contributed by atoms with Gasteiger partial charge in [0.2, 0.25) is 0 Å². The fraction of sp³-hybridized carbons (Fsp3) is 0.182. The predicted octanol–water partition coefficient (Wildman–Crippen LogP) is 0.256. The summed E-state index contributed by atoms with van der Waals surface area (Å²) in [6.45, 7) is 0. The Kier molecular flexibility index (Phi) is 2.55. The van der Waals surface area contributed by atoms with Crippen molar-refractivity contribution in [2.45, 2.75) is 6.04 Å². The molecule has 0 unspecified atom stereocenters. The number of nitrogens with one attached hydrogen (secondary N) is 1. The van der Waals surface area contributed by atoms with Gasteiger partial charge in [0, 0.05) is 5.56 Å². The molecule has 0 spiro atoms. The van der Waals surface area contributed by atoms with Gasteiger partial charge in [-0.05, 0) is 11.6 Å². The van der Waals surface area contributed by atoms with Crippen LogP contribution in [0, 0.1) is 5.92 Å². The van der Waals surface area contributed by atoms with Crippen LogP contribution in [0.15, 0.2) is 24.3 Å². The minimum atomic E-state index is -1.68. The molecule has 1 aromatic rings. The summed E-state index contributed by atoms with van der Waals surface area (Å²) in [4.78, 5) is 33.4. The van der Waals surface area contributed by atoms with E-state index in [9.17, 15) is 14.4 Å². The van der Waals surface area contributed by atoms with Crippen LogP contribution in [0.5, 0.6) is 0 Å². The highest BCUT2D eigenvalue weighted by molar-refractivity contribution is 6.02. The van der Waals surface area contributed by atoms with Gasteiger partial charge < -0.3 is 15.5 Å². The van der Waals surface area contributed by atoms with E-state index in [1.54, 1.807) is 18.2 Å². The summed E-state index contributed by atoms with van der Waals surface area (Å²) in [5.41, 5.74) is 0.734. The second kappa shape index (κ2) is 3.89. The van der Waals surface area contributed by atoms with Crippen molar-refractivity contribution in [1.29, 1.82) is 0 Å². The summed E-state index contributed by atoms with van der Waals surface area (Å²) < 4.78 is 0. The average molecular weight is 235 g/mol. The van der Waals surface area contributed by atoms with Crippen molar-refractivity contribution in [2.75, 3.05) is 0 Å². The van der Waals surface area contributed by atoms with Crippen LogP contribution < -0.4 is 5.32 Å². The summed E-state index contributed by atoms with van der Waals surface area (Å²) >= 11 is 0. The SMILES string of the molecule is O=C1N[C@@H](C(C(=O)O)C(=O)O)c2ccccc21. The van der Waals surface area contributed by atoms with E-state index in [2.05, 4.69) is 5.32 Å². The van der Waals surface area contributed by atoms with E-state index < -0.39 is 29.8 Å². The fourth-order valence-corrected chi connectivity index (χ4v) is 1.93. The molecule has 1 atom stereocenters. The molecule has 0 saturated heterocycles. The maximum absolute atomic E-state index is 11.5. The van der Waals surface area contributed by atoms with Crippen molar-refractivity contribution in [3.63, 3.8) is 0 Å². The lowest BCUT2D eigenvalue weighted by Crippen LogP contribution is -2.36. The van der Waals surface area contributed by atoms with E-state index in [4.69, 9.17) is 10.2 Å². The largest absolute Gasteiger partial charge is 0.481 e. The lowest BCUT2D eigenvalue weighted by molar-refractivity contribution is -0.155. The molecule has 6 heteroatoms. The lowest BCUT2D eigenvalue weighted by atomic mass is 9.93. The third-order valence-electron chi connectivity index (χ3n) is 2.69. The molecule has 0 saturated carbocycles. The highest BCUT2D eigenvalue weighted by Crippen LogP contribution is 2.31. The molecule has 3 N–H and O–H groups in total. The second-order valence-corrected chi connectivity index (χ2v) is 3.69. The molecule has 88 valence electrons. The highest BCUT2D eigenvalue weighted by atomic mass is 16.4. The van der Waals surface area contributed by atoms with E-state index >= 15 is 0 Å². The molecule has 6 nitrogen and oxygen atoms in total. The molecule has 1 amide bonds. The molecule has 1 heterocycles. The normalized spacial score (nSPS) is 17.7. The molecule has 0 radical (unpaired) electrons. The van der Waals surface area contributed by atoms with Gasteiger partial charge in [0.1, 0.15) is 0 Å². The monoisotopic (exact) mass is 235 g/mol. The lowest BCUT2D eigenvalue weighted by Gasteiger charge is -2.16. The summed E-state index contributed by atoms with van der Waals surface area (Å²) in [7, 11) is 0. The quantitative estimate of drug-likeness (QED) is 0.652. The zero-order chi connectivity index (χ0) is 12.6. The highest BCUT2D eigenvalue weighted by Gasteiger charge is 2.42. The maximum Gasteiger partial charge on any atom is 0.320 e. The van der Waals surface area contributed by atoms with Crippen molar-refractivity contribution in [2.24, 2.45) is 5.92 Å². The summed E-state index contributed by atoms with van der Waals surface area (Å²) in [5.74, 6) is -5.07. The summed E-state index contributed by atoms with van der Waals surface area (Å²) in [5, 5.41) is 20.1. The van der Waals surface area contributed by atoms with Crippen molar-refractivity contribution < 1.29 is 24.6 Å². The summed E-state index contributed by atoms with van der Waals surface area (Å²) in [6.07, 6.45) is 0. The van der Waals surface area contributed by atoms with Crippen LogP contribution in [-0.2, 0) is 9.59 Å². The first-order chi connectivity index (χ1) is 8.02. The van der Waals surface area contributed by atoms with E-state index in [0.29, 0.717) is 11.1 Å². The number of fused-ring (bicyclic) bond motifs is 1. The van der Waals surface area contributed by atoms with Crippen LogP contribution in [-0.4, -0.2) is 28.1 Å². The van der Waals surface area contributed by atoms with Gasteiger partial charge in [0.25, 0.3) is 5.91 Å². The predicted molar refractivity (Wildman–Crippen MR) is 55.4 cm³/mol. The Morgan fingerprint density at radius 3 is 2.35 bits per heavy atom. The number of carboxylic acids is 2. The minimum absolute atomic E-state index is 0.324. The van der Waals surface area contributed by atoms with E-state index in [1.165, 1.54) is 6.07 Å². The number of aliphatic carboxylic acids is 2. The van der Waals surface area contributed by atoms with Crippen LogP contribution in [0.25, 0.3) is 0 Å². The molecule has 0 aromatic heterocycles. The van der Waals surface area contributed by atoms with Gasteiger partial charge in [-0.2, -0.15) is 0 Å². The van der Waals surface area contributed by atoms with E-state index in [0.717, 1.165) is 0 Å². The topological polar surface area (TPSA) is 104 Å². The first-order valence-corrected chi connectivity index (χ1v) is 4.87. The van der Waals surface area contributed by atoms with Gasteiger partial charge in [-0.15, -0.1) is 0 Å². The number of carbonyl (C=O) groups excluding carboxylic acids is 1. The minimum Gasteiger partial charge on any atom is -0.481 e. The number of benzene rings is 1. The molecule has 2 rings (SSSR count). The first-order valence-electron chi connectivity index (χ1n) is 4.87. The molecule has 1 aliphatic heterocycles. The van der Waals surface area contributed by atoms with Crippen molar-refractivity contribution >= 4 is 17.8 Å². The Balaban J connectivity index is 2.46. The van der Waals surface area contributed by atoms with Gasteiger partial charge >= 0.3 is 11.9 Å². The van der Waals surface area contributed by atoms with Gasteiger partial charge in [0.05, 0.1) is 6.04 Å². The number of carboxylic acid groups (broad SMARTS) is 2. The van der Waals surface area contributed by atoms with Crippen LogP contribution >= 0.6 is 0 Å². The Hall–Kier alpha value is -2.37. The molecule has 17 heavy (non-hydrogen) atoms. The molecular weight excluding hydrogens is 226 g/mol. The number of hydrogen-bond acceptors (Lipinski definition) is 3. The van der Waals surface area contributed by atoms with Crippen LogP contribution in [0.3, 0.4) is 0 Å². The van der Waals surface area contributed by atoms with E-state index in [-0.39, 0.29) is 0 Å². The molecule has 0 fully saturated rings. The third-order valence-corrected chi connectivity index (χ3v) is 2.69. The molecule has 1 aromatic carbocycles. The Morgan fingerprint density at radius 1 is 1.18 bits per heavy atom. The Labute approximate surface area is 95.9 Å². The maximum atomic E-state index is 11.5. The summed E-state index contributed by atoms with van der Waals surface area (Å²) in [6, 6.07) is 5.33. The fourth-order valence-electron chi connectivity index (χ4n) is 1.93. The zero-order valence-electron chi connectivity index (χ0n) is 8.58. The smallest absolute Gasteiger partial charge is 0.320 e. The molecular formula is C11H9NO5. The number of hydrogen-bond donors (Lipinski definition) is 3. The molecule has 0 aliphatic carbocycles. The zero-order valence-corrected chi connectivity index (χ0v) is 8.58. The van der Waals surface area contributed by atoms with Crippen LogP contribution in [0.1, 0.15) is 22.0 Å². The Bertz CT molecular complexity index is 496. The van der Waals surface area contributed by atoms with E-state index in [1.807, 2.05) is 0 Å². The third kappa shape index (κ3) is 1.73. The molecule has 0 bridgehead atoms. The van der Waals surface area contributed by atoms with Crippen LogP contribution in [0.4, 0.5) is 0 Å². The average Bonchev–Trinajstić information content (AvgIpc) is 2.56. The van der Waals surface area contributed by atoms with Crippen molar-refractivity contribution in [1.82, 2.24) is 5.32 Å². The Morgan fingerprint density at radius 2 is 1.76 bits per heavy atom. The van der Waals surface area contributed by atoms with Gasteiger partial charge in [0.15, 0.2) is 5.92 Å². The van der Waals surface area contributed by atoms with Gasteiger partial charge in [-0.25, -0.2) is 0 Å². The number of rotatable bonds is 3. The second-order valence-electron chi connectivity index (χ2n) is 3.69. The van der Waals surface area contributed by atoms with Crippen LogP contribution in [0.2, 0.25) is 0 Å². The van der Waals surface area contributed by atoms with Gasteiger partial charge in [-0.3, -0.25) is 14.4 Å². The van der Waals surface area contributed by atoms with Crippen molar-refractivity contribution in [3.05, 3.63) is 35.4 Å². The standard InChI is InChI=1S/C11H9NO5/c13-9-6-4-2-1-3-5(6)8(12-9)7(10(14)15)11(16)17/h1-4,7-8H,(H,12,13)(H,14,15)(H,16,17)/t8-/m1/s1.